The molecule has 0 spiro atoms. The third-order valence-electron chi connectivity index (χ3n) is 3.68. The van der Waals surface area contributed by atoms with E-state index < -0.39 is 22.3 Å². The summed E-state index contributed by atoms with van der Waals surface area (Å²) in [5.41, 5.74) is -0.618. The zero-order valence-electron chi connectivity index (χ0n) is 13.5. The molecule has 132 valence electrons. The normalized spacial score (nSPS) is 17.0. The molecule has 9 heteroatoms. The van der Waals surface area contributed by atoms with Crippen LogP contribution in [0.3, 0.4) is 0 Å². The Labute approximate surface area is 143 Å². The highest BCUT2D eigenvalue weighted by Crippen LogP contribution is 2.37. The lowest BCUT2D eigenvalue weighted by Gasteiger charge is -2.10. The number of nitro benzene ring substituents is 1. The molecule has 9 nitrogen and oxygen atoms in total. The summed E-state index contributed by atoms with van der Waals surface area (Å²) in [5.74, 6) is -1.35. The third-order valence-corrected chi connectivity index (χ3v) is 3.68. The maximum absolute atomic E-state index is 12.1. The second-order valence-corrected chi connectivity index (χ2v) is 5.36. The predicted molar refractivity (Wildman–Crippen MR) is 86.9 cm³/mol. The maximum Gasteiger partial charge on any atom is 0.315 e. The van der Waals surface area contributed by atoms with E-state index in [1.54, 1.807) is 6.07 Å². The van der Waals surface area contributed by atoms with E-state index in [0.717, 1.165) is 18.9 Å². The number of nitro groups is 1. The van der Waals surface area contributed by atoms with Crippen LogP contribution in [0.25, 0.3) is 6.08 Å². The number of nitriles is 1. The Hall–Kier alpha value is -3.12. The van der Waals surface area contributed by atoms with Crippen molar-refractivity contribution in [1.82, 2.24) is 5.32 Å². The number of amides is 1. The summed E-state index contributed by atoms with van der Waals surface area (Å²) < 4.78 is 10.3. The van der Waals surface area contributed by atoms with Gasteiger partial charge in [0.1, 0.15) is 11.6 Å². The molecule has 1 saturated heterocycles. The molecule has 1 fully saturated rings. The van der Waals surface area contributed by atoms with Crippen molar-refractivity contribution >= 4 is 17.7 Å². The van der Waals surface area contributed by atoms with Gasteiger partial charge in [0.2, 0.25) is 5.75 Å². The van der Waals surface area contributed by atoms with Crippen molar-refractivity contribution in [1.29, 1.82) is 5.26 Å². The van der Waals surface area contributed by atoms with Gasteiger partial charge in [-0.25, -0.2) is 0 Å². The van der Waals surface area contributed by atoms with E-state index in [9.17, 15) is 25.3 Å². The van der Waals surface area contributed by atoms with E-state index in [4.69, 9.17) is 9.47 Å². The van der Waals surface area contributed by atoms with E-state index in [1.165, 1.54) is 19.3 Å². The van der Waals surface area contributed by atoms with E-state index in [1.807, 2.05) is 0 Å². The lowest BCUT2D eigenvalue weighted by Crippen LogP contribution is -2.32. The van der Waals surface area contributed by atoms with Gasteiger partial charge in [-0.05, 0) is 30.5 Å². The number of phenolic OH excluding ortho intramolecular Hbond substituents is 1. The number of nitrogens with one attached hydrogen (secondary N) is 1. The van der Waals surface area contributed by atoms with Gasteiger partial charge in [-0.3, -0.25) is 14.9 Å². The minimum Gasteiger partial charge on any atom is -0.500 e. The van der Waals surface area contributed by atoms with E-state index in [2.05, 4.69) is 5.32 Å². The van der Waals surface area contributed by atoms with E-state index in [0.29, 0.717) is 6.61 Å². The summed E-state index contributed by atoms with van der Waals surface area (Å²) in [6, 6.07) is 4.12. The molecule has 1 aliphatic rings. The first kappa shape index (κ1) is 18.2. The van der Waals surface area contributed by atoms with Crippen LogP contribution < -0.4 is 10.1 Å². The van der Waals surface area contributed by atoms with Gasteiger partial charge in [0.25, 0.3) is 5.91 Å². The van der Waals surface area contributed by atoms with Crippen LogP contribution in [0.5, 0.6) is 11.5 Å². The number of carbonyl (C=O) groups excluding carboxylic acids is 1. The molecule has 0 radical (unpaired) electrons. The summed E-state index contributed by atoms with van der Waals surface area (Å²) >= 11 is 0. The quantitative estimate of drug-likeness (QED) is 0.344. The lowest BCUT2D eigenvalue weighted by molar-refractivity contribution is -0.386. The zero-order valence-corrected chi connectivity index (χ0v) is 13.5. The monoisotopic (exact) mass is 347 g/mol. The van der Waals surface area contributed by atoms with Gasteiger partial charge in [-0.2, -0.15) is 5.26 Å². The van der Waals surface area contributed by atoms with Gasteiger partial charge in [0, 0.05) is 19.2 Å². The molecule has 1 heterocycles. The van der Waals surface area contributed by atoms with Gasteiger partial charge in [0.15, 0.2) is 5.75 Å². The number of methoxy groups -OCH3 is 1. The molecule has 2 rings (SSSR count). The second-order valence-electron chi connectivity index (χ2n) is 5.36. The Kier molecular flexibility index (Phi) is 5.92. The molecule has 1 aromatic rings. The van der Waals surface area contributed by atoms with Crippen LogP contribution in [0.4, 0.5) is 5.69 Å². The van der Waals surface area contributed by atoms with E-state index in [-0.39, 0.29) is 29.5 Å². The van der Waals surface area contributed by atoms with Crippen LogP contribution in [0, 0.1) is 21.4 Å². The fourth-order valence-corrected chi connectivity index (χ4v) is 2.41. The molecule has 25 heavy (non-hydrogen) atoms. The first-order valence-corrected chi connectivity index (χ1v) is 7.53. The van der Waals surface area contributed by atoms with Crippen molar-refractivity contribution in [3.8, 4) is 17.6 Å². The minimum absolute atomic E-state index is 0.0706. The first-order valence-electron chi connectivity index (χ1n) is 7.53. The number of hydrogen-bond donors (Lipinski definition) is 2. The molecule has 0 aliphatic carbocycles. The number of nitrogens with zero attached hydrogens (tertiary/aromatic N) is 2. The van der Waals surface area contributed by atoms with Crippen LogP contribution in [0.2, 0.25) is 0 Å². The van der Waals surface area contributed by atoms with Crippen molar-refractivity contribution in [3.05, 3.63) is 33.4 Å². The number of carbonyl (C=O) groups is 1. The lowest BCUT2D eigenvalue weighted by atomic mass is 10.1. The Morgan fingerprint density at radius 3 is 2.96 bits per heavy atom. The Morgan fingerprint density at radius 1 is 1.64 bits per heavy atom. The van der Waals surface area contributed by atoms with Gasteiger partial charge in [0.05, 0.1) is 18.1 Å². The van der Waals surface area contributed by atoms with Crippen LogP contribution in [0.1, 0.15) is 18.4 Å². The molecular formula is C16H17N3O6. The van der Waals surface area contributed by atoms with Crippen LogP contribution in [-0.4, -0.2) is 42.3 Å². The summed E-state index contributed by atoms with van der Waals surface area (Å²) in [4.78, 5) is 22.3. The molecule has 1 aromatic carbocycles. The zero-order chi connectivity index (χ0) is 18.4. The highest BCUT2D eigenvalue weighted by atomic mass is 16.6. The molecule has 0 unspecified atom stereocenters. The number of ether oxygens (including phenoxy) is 2. The first-order chi connectivity index (χ1) is 12.0. The average molecular weight is 347 g/mol. The van der Waals surface area contributed by atoms with Crippen LogP contribution >= 0.6 is 0 Å². The third kappa shape index (κ3) is 4.45. The van der Waals surface area contributed by atoms with Gasteiger partial charge >= 0.3 is 5.69 Å². The van der Waals surface area contributed by atoms with E-state index >= 15 is 0 Å². The summed E-state index contributed by atoms with van der Waals surface area (Å²) in [7, 11) is 1.24. The topological polar surface area (TPSA) is 135 Å². The molecule has 2 N–H and O–H groups in total. The number of benzene rings is 1. The Morgan fingerprint density at radius 2 is 2.40 bits per heavy atom. The van der Waals surface area contributed by atoms with Crippen molar-refractivity contribution in [2.75, 3.05) is 20.3 Å². The maximum atomic E-state index is 12.1. The van der Waals surface area contributed by atoms with Gasteiger partial charge < -0.3 is 19.9 Å². The average Bonchev–Trinajstić information content (AvgIpc) is 3.11. The molecule has 0 aromatic heterocycles. The minimum atomic E-state index is -0.779. The Bertz CT molecular complexity index is 747. The summed E-state index contributed by atoms with van der Waals surface area (Å²) in [6.07, 6.45) is 2.89. The largest absolute Gasteiger partial charge is 0.500 e. The molecule has 1 atom stereocenters. The fraction of sp³-hybridized carbons (Fsp3) is 0.375. The fourth-order valence-electron chi connectivity index (χ4n) is 2.41. The number of aromatic hydroxyl groups is 1. The summed E-state index contributed by atoms with van der Waals surface area (Å²) in [6.45, 7) is 0.940. The molecular weight excluding hydrogens is 330 g/mol. The highest BCUT2D eigenvalue weighted by Gasteiger charge is 2.21. The number of phenols is 1. The van der Waals surface area contributed by atoms with Crippen LogP contribution in [0.15, 0.2) is 17.7 Å². The van der Waals surface area contributed by atoms with Crippen molar-refractivity contribution < 1.29 is 24.3 Å². The van der Waals surface area contributed by atoms with Gasteiger partial charge in [-0.1, -0.05) is 0 Å². The number of hydrogen-bond acceptors (Lipinski definition) is 7. The van der Waals surface area contributed by atoms with Crippen molar-refractivity contribution in [2.45, 2.75) is 18.9 Å². The highest BCUT2D eigenvalue weighted by molar-refractivity contribution is 6.01. The predicted octanol–water partition coefficient (Wildman–Crippen LogP) is 1.51. The standard InChI is InChI=1S/C16H17N3O6/c1-24-14-7-10(6-13(15(14)20)19(22)23)5-11(8-17)16(21)18-9-12-3-2-4-25-12/h5-7,12,20H,2-4,9H2,1H3,(H,18,21)/b11-5+/t12-/m1/s1. The smallest absolute Gasteiger partial charge is 0.315 e. The second kappa shape index (κ2) is 8.12. The van der Waals surface area contributed by atoms with Crippen molar-refractivity contribution in [2.24, 2.45) is 0 Å². The summed E-state index contributed by atoms with van der Waals surface area (Å²) in [5, 5.41) is 32.5. The molecule has 0 bridgehead atoms. The van der Waals surface area contributed by atoms with Crippen molar-refractivity contribution in [3.63, 3.8) is 0 Å². The molecule has 0 saturated carbocycles. The number of rotatable bonds is 6. The Balaban J connectivity index is 2.23. The van der Waals surface area contributed by atoms with Gasteiger partial charge in [-0.15, -0.1) is 0 Å². The molecule has 1 amide bonds. The SMILES string of the molecule is COc1cc(/C=C(\C#N)C(=O)NC[C@H]2CCCO2)cc([N+](=O)[O-])c1O. The van der Waals surface area contributed by atoms with Crippen LogP contribution in [-0.2, 0) is 9.53 Å². The molecule has 1 aliphatic heterocycles.